The molecule has 0 bridgehead atoms. The maximum atomic E-state index is 13.2. The van der Waals surface area contributed by atoms with Crippen LogP contribution in [0.15, 0.2) is 22.8 Å². The number of nitrogens with two attached hydrogens (primary N) is 1. The van der Waals surface area contributed by atoms with Crippen LogP contribution in [-0.4, -0.2) is 20.9 Å². The maximum Gasteiger partial charge on any atom is 0.213 e. The molecule has 0 amide bonds. The Kier molecular flexibility index (Phi) is 2.41. The van der Waals surface area contributed by atoms with Crippen LogP contribution in [0.3, 0.4) is 0 Å². The van der Waals surface area contributed by atoms with Gasteiger partial charge < -0.3 is 10.7 Å². The number of hydrogen-bond donors (Lipinski definition) is 2. The van der Waals surface area contributed by atoms with E-state index in [0.717, 1.165) is 27.8 Å². The molecule has 0 aliphatic heterocycles. The first kappa shape index (κ1) is 10.7. The van der Waals surface area contributed by atoms with Crippen LogP contribution in [0.25, 0.3) is 16.8 Å². The zero-order valence-electron chi connectivity index (χ0n) is 8.87. The Morgan fingerprint density at radius 3 is 3.06 bits per heavy atom. The number of halogens is 2. The van der Waals surface area contributed by atoms with Crippen molar-refractivity contribution in [2.24, 2.45) is 5.73 Å². The van der Waals surface area contributed by atoms with E-state index >= 15 is 0 Å². The molecule has 0 atom stereocenters. The fraction of sp³-hybridized carbons (Fsp3) is 0.182. The molecule has 0 aliphatic carbocycles. The van der Waals surface area contributed by atoms with E-state index in [9.17, 15) is 4.39 Å². The lowest BCUT2D eigenvalue weighted by Gasteiger charge is -1.96. The third-order valence-electron chi connectivity index (χ3n) is 2.72. The van der Waals surface area contributed by atoms with Crippen molar-refractivity contribution in [1.82, 2.24) is 14.4 Å². The van der Waals surface area contributed by atoms with Crippen LogP contribution in [0.2, 0.25) is 0 Å². The number of H-pyrrole nitrogens is 1. The lowest BCUT2D eigenvalue weighted by atomic mass is 10.3. The monoisotopic (exact) mass is 296 g/mol. The third-order valence-corrected chi connectivity index (χ3v) is 3.55. The number of rotatable bonds is 2. The van der Waals surface area contributed by atoms with Crippen molar-refractivity contribution in [1.29, 1.82) is 0 Å². The molecule has 0 spiro atoms. The molecule has 3 aromatic rings. The molecular weight excluding hydrogens is 287 g/mol. The second kappa shape index (κ2) is 3.82. The van der Waals surface area contributed by atoms with Gasteiger partial charge in [0.05, 0.1) is 16.7 Å². The molecule has 4 nitrogen and oxygen atoms in total. The van der Waals surface area contributed by atoms with Gasteiger partial charge in [-0.3, -0.25) is 4.40 Å². The molecule has 2 aromatic heterocycles. The predicted molar refractivity (Wildman–Crippen MR) is 67.5 cm³/mol. The second-order valence-corrected chi connectivity index (χ2v) is 4.59. The highest BCUT2D eigenvalue weighted by molar-refractivity contribution is 9.10. The van der Waals surface area contributed by atoms with Crippen LogP contribution >= 0.6 is 15.9 Å². The minimum Gasteiger partial charge on any atom is -0.330 e. The third kappa shape index (κ3) is 1.56. The van der Waals surface area contributed by atoms with Crippen LogP contribution < -0.4 is 5.73 Å². The largest absolute Gasteiger partial charge is 0.330 e. The average Bonchev–Trinajstić information content (AvgIpc) is 2.78. The average molecular weight is 297 g/mol. The molecule has 17 heavy (non-hydrogen) atoms. The molecule has 0 radical (unpaired) electrons. The summed E-state index contributed by atoms with van der Waals surface area (Å²) < 4.78 is 15.9. The van der Waals surface area contributed by atoms with Gasteiger partial charge >= 0.3 is 0 Å². The Hall–Kier alpha value is -1.40. The fourth-order valence-electron chi connectivity index (χ4n) is 1.96. The van der Waals surface area contributed by atoms with E-state index < -0.39 is 0 Å². The molecule has 6 heteroatoms. The first-order chi connectivity index (χ1) is 8.20. The molecule has 0 saturated heterocycles. The Morgan fingerprint density at radius 1 is 1.47 bits per heavy atom. The summed E-state index contributed by atoms with van der Waals surface area (Å²) in [5, 5.41) is 0. The van der Waals surface area contributed by atoms with E-state index in [1.165, 1.54) is 12.1 Å². The quantitative estimate of drug-likeness (QED) is 0.762. The number of aromatic amines is 1. The SMILES string of the molecule is NCCc1[nH]c2nc3ccc(F)cc3n2c1Br. The molecular formula is C11H10BrFN4. The summed E-state index contributed by atoms with van der Waals surface area (Å²) in [6, 6.07) is 4.55. The van der Waals surface area contributed by atoms with Crippen molar-refractivity contribution in [2.75, 3.05) is 6.54 Å². The van der Waals surface area contributed by atoms with E-state index in [1.807, 2.05) is 4.40 Å². The number of aromatic nitrogens is 3. The fourth-order valence-corrected chi connectivity index (χ4v) is 2.62. The van der Waals surface area contributed by atoms with Gasteiger partial charge in [-0.1, -0.05) is 0 Å². The first-order valence-corrected chi connectivity index (χ1v) is 6.04. The minimum atomic E-state index is -0.271. The summed E-state index contributed by atoms with van der Waals surface area (Å²) in [6.07, 6.45) is 0.723. The Balaban J connectivity index is 2.36. The molecule has 3 rings (SSSR count). The standard InChI is InChI=1S/C11H10BrFN4/c12-10-8(3-4-14)16-11-15-7-2-1-6(13)5-9(7)17(10)11/h1-2,5H,3-4,14H2,(H,15,16). The number of imidazole rings is 2. The zero-order valence-corrected chi connectivity index (χ0v) is 10.5. The van der Waals surface area contributed by atoms with Gasteiger partial charge in [0, 0.05) is 12.5 Å². The van der Waals surface area contributed by atoms with Crippen molar-refractivity contribution in [2.45, 2.75) is 6.42 Å². The lowest BCUT2D eigenvalue weighted by molar-refractivity contribution is 0.629. The summed E-state index contributed by atoms with van der Waals surface area (Å²) in [6.45, 7) is 0.550. The molecule has 0 unspecified atom stereocenters. The van der Waals surface area contributed by atoms with Crippen molar-refractivity contribution < 1.29 is 4.39 Å². The molecule has 0 fully saturated rings. The summed E-state index contributed by atoms with van der Waals surface area (Å²) in [7, 11) is 0. The highest BCUT2D eigenvalue weighted by Gasteiger charge is 2.13. The number of nitrogens with zero attached hydrogens (tertiary/aromatic N) is 2. The number of fused-ring (bicyclic) bond motifs is 3. The van der Waals surface area contributed by atoms with Crippen LogP contribution in [0.5, 0.6) is 0 Å². The number of nitrogens with one attached hydrogen (secondary N) is 1. The van der Waals surface area contributed by atoms with E-state index in [4.69, 9.17) is 5.73 Å². The van der Waals surface area contributed by atoms with Gasteiger partial charge in [0.1, 0.15) is 10.4 Å². The summed E-state index contributed by atoms with van der Waals surface area (Å²) in [5.41, 5.74) is 8.00. The normalized spacial score (nSPS) is 11.7. The van der Waals surface area contributed by atoms with Crippen LogP contribution in [0, 0.1) is 5.82 Å². The van der Waals surface area contributed by atoms with Crippen molar-refractivity contribution in [3.05, 3.63) is 34.3 Å². The summed E-state index contributed by atoms with van der Waals surface area (Å²) in [5.74, 6) is 0.425. The highest BCUT2D eigenvalue weighted by Crippen LogP contribution is 2.25. The van der Waals surface area contributed by atoms with Gasteiger partial charge in [-0.05, 0) is 34.6 Å². The first-order valence-electron chi connectivity index (χ1n) is 5.25. The van der Waals surface area contributed by atoms with Crippen molar-refractivity contribution in [3.63, 3.8) is 0 Å². The topological polar surface area (TPSA) is 59.1 Å². The van der Waals surface area contributed by atoms with Crippen LogP contribution in [0.4, 0.5) is 4.39 Å². The van der Waals surface area contributed by atoms with Gasteiger partial charge in [0.25, 0.3) is 0 Å². The molecule has 88 valence electrons. The summed E-state index contributed by atoms with van der Waals surface area (Å²) >= 11 is 3.49. The Morgan fingerprint density at radius 2 is 2.29 bits per heavy atom. The van der Waals surface area contributed by atoms with Crippen LogP contribution in [0.1, 0.15) is 5.69 Å². The molecule has 2 heterocycles. The van der Waals surface area contributed by atoms with E-state index in [2.05, 4.69) is 25.9 Å². The van der Waals surface area contributed by atoms with Gasteiger partial charge in [-0.25, -0.2) is 9.37 Å². The zero-order chi connectivity index (χ0) is 12.0. The van der Waals surface area contributed by atoms with Gasteiger partial charge in [0.15, 0.2) is 0 Å². The van der Waals surface area contributed by atoms with E-state index in [0.29, 0.717) is 12.3 Å². The predicted octanol–water partition coefficient (Wildman–Crippen LogP) is 2.22. The highest BCUT2D eigenvalue weighted by atomic mass is 79.9. The smallest absolute Gasteiger partial charge is 0.213 e. The van der Waals surface area contributed by atoms with Crippen molar-refractivity contribution in [3.8, 4) is 0 Å². The van der Waals surface area contributed by atoms with Gasteiger partial charge in [0.2, 0.25) is 5.78 Å². The van der Waals surface area contributed by atoms with Gasteiger partial charge in [-0.15, -0.1) is 0 Å². The summed E-state index contributed by atoms with van der Waals surface area (Å²) in [4.78, 5) is 7.57. The molecule has 3 N–H and O–H groups in total. The maximum absolute atomic E-state index is 13.2. The molecule has 0 aliphatic rings. The Labute approximate surface area is 105 Å². The second-order valence-electron chi connectivity index (χ2n) is 3.84. The van der Waals surface area contributed by atoms with E-state index in [-0.39, 0.29) is 5.82 Å². The minimum absolute atomic E-state index is 0.271. The molecule has 1 aromatic carbocycles. The number of hydrogen-bond acceptors (Lipinski definition) is 2. The number of benzene rings is 1. The van der Waals surface area contributed by atoms with Crippen molar-refractivity contribution >= 4 is 32.7 Å². The van der Waals surface area contributed by atoms with E-state index in [1.54, 1.807) is 6.07 Å². The molecule has 0 saturated carbocycles. The van der Waals surface area contributed by atoms with Crippen LogP contribution in [-0.2, 0) is 6.42 Å². The Bertz CT molecular complexity index is 700. The lowest BCUT2D eigenvalue weighted by Crippen LogP contribution is -2.03. The van der Waals surface area contributed by atoms with Gasteiger partial charge in [-0.2, -0.15) is 0 Å².